The van der Waals surface area contributed by atoms with Crippen LogP contribution in [0.15, 0.2) is 22.7 Å². The summed E-state index contributed by atoms with van der Waals surface area (Å²) in [6, 6.07) is 5.48. The molecule has 0 bridgehead atoms. The highest BCUT2D eigenvalue weighted by molar-refractivity contribution is 9.10. The smallest absolute Gasteiger partial charge is 0.0959 e. The second-order valence-electron chi connectivity index (χ2n) is 3.30. The van der Waals surface area contributed by atoms with Crippen LogP contribution in [0.3, 0.4) is 0 Å². The van der Waals surface area contributed by atoms with Gasteiger partial charge in [-0.1, -0.05) is 22.0 Å². The Kier molecular flexibility index (Phi) is 3.92. The Balaban J connectivity index is 2.95. The summed E-state index contributed by atoms with van der Waals surface area (Å²) in [7, 11) is 1.81. The molecule has 0 heterocycles. The third kappa shape index (κ3) is 2.47. The number of hydrogen-bond donors (Lipinski definition) is 3. The number of aliphatic hydroxyl groups is 1. The Morgan fingerprint density at radius 3 is 2.64 bits per heavy atom. The molecule has 0 aliphatic rings. The van der Waals surface area contributed by atoms with Crippen molar-refractivity contribution < 1.29 is 5.11 Å². The van der Waals surface area contributed by atoms with Crippen molar-refractivity contribution in [1.82, 2.24) is 5.32 Å². The Labute approximate surface area is 92.4 Å². The van der Waals surface area contributed by atoms with Crippen molar-refractivity contribution in [3.8, 4) is 0 Å². The number of halogens is 1. The maximum Gasteiger partial charge on any atom is 0.0959 e. The van der Waals surface area contributed by atoms with Crippen LogP contribution in [0.25, 0.3) is 0 Å². The molecule has 0 aliphatic carbocycles. The van der Waals surface area contributed by atoms with E-state index in [9.17, 15) is 5.11 Å². The maximum absolute atomic E-state index is 9.90. The molecule has 0 saturated carbocycles. The third-order valence-electron chi connectivity index (χ3n) is 2.30. The standard InChI is InChI=1S/C10H15BrN2O/c1-6(13-2)10(14)8-4-3-7(11)5-9(8)12/h3-6,10,13-14H,12H2,1-2H3. The molecule has 2 unspecified atom stereocenters. The third-order valence-corrected chi connectivity index (χ3v) is 2.79. The van der Waals surface area contributed by atoms with Gasteiger partial charge in [0.15, 0.2) is 0 Å². The lowest BCUT2D eigenvalue weighted by molar-refractivity contribution is 0.141. The van der Waals surface area contributed by atoms with Gasteiger partial charge in [0.05, 0.1) is 6.10 Å². The second kappa shape index (κ2) is 4.77. The van der Waals surface area contributed by atoms with E-state index in [1.54, 1.807) is 6.07 Å². The SMILES string of the molecule is CNC(C)C(O)c1ccc(Br)cc1N. The van der Waals surface area contributed by atoms with Crippen molar-refractivity contribution >= 4 is 21.6 Å². The quantitative estimate of drug-likeness (QED) is 0.724. The van der Waals surface area contributed by atoms with Gasteiger partial charge in [-0.3, -0.25) is 0 Å². The monoisotopic (exact) mass is 258 g/mol. The van der Waals surface area contributed by atoms with Gasteiger partial charge >= 0.3 is 0 Å². The molecule has 0 spiro atoms. The van der Waals surface area contributed by atoms with Crippen molar-refractivity contribution in [2.24, 2.45) is 0 Å². The van der Waals surface area contributed by atoms with E-state index in [0.29, 0.717) is 5.69 Å². The van der Waals surface area contributed by atoms with Gasteiger partial charge in [0.25, 0.3) is 0 Å². The fourth-order valence-corrected chi connectivity index (χ4v) is 1.62. The first-order chi connectivity index (χ1) is 6.56. The van der Waals surface area contributed by atoms with Gasteiger partial charge in [-0.15, -0.1) is 0 Å². The number of hydrogen-bond acceptors (Lipinski definition) is 3. The predicted molar refractivity (Wildman–Crippen MR) is 62.0 cm³/mol. The average Bonchev–Trinajstić information content (AvgIpc) is 2.15. The Morgan fingerprint density at radius 2 is 2.14 bits per heavy atom. The van der Waals surface area contributed by atoms with Gasteiger partial charge < -0.3 is 16.2 Å². The lowest BCUT2D eigenvalue weighted by atomic mass is 10.0. The number of nitrogen functional groups attached to an aromatic ring is 1. The van der Waals surface area contributed by atoms with E-state index in [1.165, 1.54) is 0 Å². The molecule has 78 valence electrons. The number of benzene rings is 1. The molecule has 14 heavy (non-hydrogen) atoms. The molecule has 1 aromatic carbocycles. The summed E-state index contributed by atoms with van der Waals surface area (Å²) in [5.74, 6) is 0. The Bertz CT molecular complexity index is 317. The Morgan fingerprint density at radius 1 is 1.50 bits per heavy atom. The first kappa shape index (κ1) is 11.5. The summed E-state index contributed by atoms with van der Waals surface area (Å²) in [6.07, 6.45) is -0.576. The van der Waals surface area contributed by atoms with Crippen molar-refractivity contribution in [2.75, 3.05) is 12.8 Å². The van der Waals surface area contributed by atoms with Gasteiger partial charge in [-0.05, 0) is 26.1 Å². The Hall–Kier alpha value is -0.580. The molecule has 0 saturated heterocycles. The first-order valence-electron chi connectivity index (χ1n) is 4.46. The highest BCUT2D eigenvalue weighted by atomic mass is 79.9. The minimum atomic E-state index is -0.576. The lowest BCUT2D eigenvalue weighted by Gasteiger charge is -2.20. The summed E-state index contributed by atoms with van der Waals surface area (Å²) in [6.45, 7) is 1.91. The average molecular weight is 259 g/mol. The fourth-order valence-electron chi connectivity index (χ4n) is 1.24. The highest BCUT2D eigenvalue weighted by Crippen LogP contribution is 2.25. The summed E-state index contributed by atoms with van der Waals surface area (Å²) in [4.78, 5) is 0. The van der Waals surface area contributed by atoms with Crippen LogP contribution in [0, 0.1) is 0 Å². The maximum atomic E-state index is 9.90. The van der Waals surface area contributed by atoms with Crippen LogP contribution in [0.5, 0.6) is 0 Å². The molecule has 1 aromatic rings. The van der Waals surface area contributed by atoms with Crippen LogP contribution in [0.2, 0.25) is 0 Å². The largest absolute Gasteiger partial charge is 0.398 e. The summed E-state index contributed by atoms with van der Waals surface area (Å²) < 4.78 is 0.920. The van der Waals surface area contributed by atoms with Crippen LogP contribution in [-0.4, -0.2) is 18.2 Å². The van der Waals surface area contributed by atoms with E-state index in [1.807, 2.05) is 26.1 Å². The number of aliphatic hydroxyl groups excluding tert-OH is 1. The summed E-state index contributed by atoms with van der Waals surface area (Å²) >= 11 is 3.32. The molecule has 0 aliphatic heterocycles. The van der Waals surface area contributed by atoms with Crippen molar-refractivity contribution in [1.29, 1.82) is 0 Å². The molecule has 1 rings (SSSR count). The van der Waals surface area contributed by atoms with Crippen molar-refractivity contribution in [2.45, 2.75) is 19.1 Å². The predicted octanol–water partition coefficient (Wildman–Crippen LogP) is 1.67. The molecule has 2 atom stereocenters. The zero-order valence-corrected chi connectivity index (χ0v) is 9.88. The lowest BCUT2D eigenvalue weighted by Crippen LogP contribution is -2.29. The molecule has 4 heteroatoms. The molecular weight excluding hydrogens is 244 g/mol. The second-order valence-corrected chi connectivity index (χ2v) is 4.21. The van der Waals surface area contributed by atoms with Gasteiger partial charge in [-0.25, -0.2) is 0 Å². The number of nitrogens with two attached hydrogens (primary N) is 1. The topological polar surface area (TPSA) is 58.3 Å². The molecule has 0 amide bonds. The summed E-state index contributed by atoms with van der Waals surface area (Å²) in [5.41, 5.74) is 7.16. The minimum Gasteiger partial charge on any atom is -0.398 e. The minimum absolute atomic E-state index is 0.0153. The van der Waals surface area contributed by atoms with Gasteiger partial charge in [0.1, 0.15) is 0 Å². The molecule has 0 radical (unpaired) electrons. The molecule has 4 N–H and O–H groups in total. The molecule has 3 nitrogen and oxygen atoms in total. The van der Waals surface area contributed by atoms with Crippen LogP contribution in [-0.2, 0) is 0 Å². The van der Waals surface area contributed by atoms with Crippen LogP contribution in [0.1, 0.15) is 18.6 Å². The zero-order chi connectivity index (χ0) is 10.7. The van der Waals surface area contributed by atoms with Gasteiger partial charge in [-0.2, -0.15) is 0 Å². The normalized spacial score (nSPS) is 15.1. The van der Waals surface area contributed by atoms with Crippen LogP contribution < -0.4 is 11.1 Å². The van der Waals surface area contributed by atoms with E-state index in [0.717, 1.165) is 10.0 Å². The van der Waals surface area contributed by atoms with Gasteiger partial charge in [0, 0.05) is 21.8 Å². The fraction of sp³-hybridized carbons (Fsp3) is 0.400. The highest BCUT2D eigenvalue weighted by Gasteiger charge is 2.16. The first-order valence-corrected chi connectivity index (χ1v) is 5.25. The van der Waals surface area contributed by atoms with Crippen molar-refractivity contribution in [3.05, 3.63) is 28.2 Å². The number of anilines is 1. The van der Waals surface area contributed by atoms with E-state index >= 15 is 0 Å². The van der Waals surface area contributed by atoms with Crippen LogP contribution >= 0.6 is 15.9 Å². The van der Waals surface area contributed by atoms with E-state index in [-0.39, 0.29) is 6.04 Å². The molecule has 0 fully saturated rings. The van der Waals surface area contributed by atoms with Crippen LogP contribution in [0.4, 0.5) is 5.69 Å². The number of likely N-dealkylation sites (N-methyl/N-ethyl adjacent to an activating group) is 1. The molecule has 0 aromatic heterocycles. The van der Waals surface area contributed by atoms with Gasteiger partial charge in [0.2, 0.25) is 0 Å². The van der Waals surface area contributed by atoms with Crippen molar-refractivity contribution in [3.63, 3.8) is 0 Å². The van der Waals surface area contributed by atoms with E-state index in [4.69, 9.17) is 5.73 Å². The zero-order valence-electron chi connectivity index (χ0n) is 8.29. The number of rotatable bonds is 3. The number of nitrogens with one attached hydrogen (secondary N) is 1. The van der Waals surface area contributed by atoms with E-state index < -0.39 is 6.10 Å². The van der Waals surface area contributed by atoms with E-state index in [2.05, 4.69) is 21.2 Å². The molecular formula is C10H15BrN2O. The summed E-state index contributed by atoms with van der Waals surface area (Å²) in [5, 5.41) is 12.9.